The lowest BCUT2D eigenvalue weighted by Gasteiger charge is -2.22. The van der Waals surface area contributed by atoms with Gasteiger partial charge in [-0.15, -0.1) is 0 Å². The fraction of sp³-hybridized carbons (Fsp3) is 0.241. The molecule has 17 heteroatoms. The number of benzene rings is 2. The van der Waals surface area contributed by atoms with Gasteiger partial charge in [0.2, 0.25) is 0 Å². The first-order chi connectivity index (χ1) is 21.6. The number of nitrogen functional groups attached to an aromatic ring is 1. The van der Waals surface area contributed by atoms with Crippen molar-refractivity contribution in [3.8, 4) is 11.5 Å². The van der Waals surface area contributed by atoms with Gasteiger partial charge in [-0.3, -0.25) is 35.6 Å². The quantitative estimate of drug-likeness (QED) is 0.102. The monoisotopic (exact) mass is 647 g/mol. The van der Waals surface area contributed by atoms with E-state index in [1.807, 2.05) is 0 Å². The molecule has 0 saturated carbocycles. The van der Waals surface area contributed by atoms with E-state index >= 15 is 0 Å². The Bertz CT molecular complexity index is 1520. The molecule has 0 aliphatic carbocycles. The number of rotatable bonds is 11. The zero-order valence-corrected chi connectivity index (χ0v) is 24.8. The van der Waals surface area contributed by atoms with Crippen LogP contribution in [0.15, 0.2) is 66.9 Å². The van der Waals surface area contributed by atoms with Crippen LogP contribution in [0.1, 0.15) is 34.6 Å². The van der Waals surface area contributed by atoms with Gasteiger partial charge < -0.3 is 30.5 Å². The predicted octanol–water partition coefficient (Wildman–Crippen LogP) is 2.48. The number of halogens is 3. The topological polar surface area (TPSA) is 209 Å². The highest BCUT2D eigenvalue weighted by Crippen LogP contribution is 2.32. The Morgan fingerprint density at radius 3 is 2.17 bits per heavy atom. The van der Waals surface area contributed by atoms with Gasteiger partial charge in [0.15, 0.2) is 18.1 Å². The van der Waals surface area contributed by atoms with Gasteiger partial charge in [-0.05, 0) is 61.0 Å². The maximum absolute atomic E-state index is 13.3. The lowest BCUT2D eigenvalue weighted by atomic mass is 10.0. The highest BCUT2D eigenvalue weighted by molar-refractivity contribution is 5.96. The molecule has 2 aromatic carbocycles. The number of carboxylic acid groups (broad SMARTS) is 1. The van der Waals surface area contributed by atoms with Gasteiger partial charge in [0, 0.05) is 31.5 Å². The Labute approximate surface area is 261 Å². The van der Waals surface area contributed by atoms with Crippen molar-refractivity contribution in [1.29, 1.82) is 5.41 Å². The smallest absolute Gasteiger partial charge is 0.490 e. The number of hydrogen-bond acceptors (Lipinski definition) is 9. The first-order valence-electron chi connectivity index (χ1n) is 13.3. The average molecular weight is 648 g/mol. The number of amidine groups is 1. The Morgan fingerprint density at radius 2 is 1.65 bits per heavy atom. The summed E-state index contributed by atoms with van der Waals surface area (Å²) >= 11 is 0. The summed E-state index contributed by atoms with van der Waals surface area (Å²) in [7, 11) is 3.26. The first kappa shape index (κ1) is 36.3. The summed E-state index contributed by atoms with van der Waals surface area (Å²) in [6.45, 7) is 1.93. The number of likely N-dealkylation sites (N-methyl/N-ethyl adjacent to an activating group) is 1. The summed E-state index contributed by atoms with van der Waals surface area (Å²) in [6, 6.07) is 15.4. The molecule has 0 fully saturated rings. The number of carboxylic acids is 1. The van der Waals surface area contributed by atoms with Gasteiger partial charge in [-0.1, -0.05) is 12.1 Å². The van der Waals surface area contributed by atoms with E-state index in [1.165, 1.54) is 17.2 Å². The standard InChI is InChI=1S/C27H31N7O5.C2HF3O2/c1-4-38-22-15-18(10-13-21(22)39-16-23(35)34(2)3)24(31-19-11-8-17(9-12-19)25(28)29)27(37)33-32-26(36)20-7-5-6-14-30-20;3-2(4,5)1(6)7/h5-15,24,31H,4,16H2,1-3H3,(H3,28,29)(H,32,36)(H,33,37);(H,6,7). The number of anilines is 1. The maximum Gasteiger partial charge on any atom is 0.490 e. The van der Waals surface area contributed by atoms with Crippen LogP contribution in [0.3, 0.4) is 0 Å². The second-order valence-corrected chi connectivity index (χ2v) is 9.25. The molecular weight excluding hydrogens is 615 g/mol. The molecule has 3 rings (SSSR count). The second kappa shape index (κ2) is 16.8. The second-order valence-electron chi connectivity index (χ2n) is 9.25. The van der Waals surface area contributed by atoms with Crippen molar-refractivity contribution in [2.24, 2.45) is 5.73 Å². The van der Waals surface area contributed by atoms with E-state index in [-0.39, 0.29) is 24.0 Å². The third-order valence-corrected chi connectivity index (χ3v) is 5.66. The minimum absolute atomic E-state index is 0.0854. The van der Waals surface area contributed by atoms with Crippen LogP contribution in [0.25, 0.3) is 0 Å². The molecule has 46 heavy (non-hydrogen) atoms. The third-order valence-electron chi connectivity index (χ3n) is 5.66. The molecule has 0 aliphatic heterocycles. The Morgan fingerprint density at radius 1 is 1.00 bits per heavy atom. The highest BCUT2D eigenvalue weighted by Gasteiger charge is 2.38. The van der Waals surface area contributed by atoms with Gasteiger partial charge in [0.05, 0.1) is 6.61 Å². The summed E-state index contributed by atoms with van der Waals surface area (Å²) in [5, 5.41) is 17.8. The molecule has 0 bridgehead atoms. The van der Waals surface area contributed by atoms with Gasteiger partial charge in [0.25, 0.3) is 17.7 Å². The summed E-state index contributed by atoms with van der Waals surface area (Å²) < 4.78 is 43.1. The first-order valence-corrected chi connectivity index (χ1v) is 13.3. The average Bonchev–Trinajstić information content (AvgIpc) is 3.02. The number of aromatic nitrogens is 1. The van der Waals surface area contributed by atoms with Gasteiger partial charge >= 0.3 is 12.1 Å². The maximum atomic E-state index is 13.3. The van der Waals surface area contributed by atoms with Gasteiger partial charge in [0.1, 0.15) is 17.6 Å². The molecule has 3 aromatic rings. The number of alkyl halides is 3. The highest BCUT2D eigenvalue weighted by atomic mass is 19.4. The number of pyridine rings is 1. The number of nitrogens with one attached hydrogen (secondary N) is 4. The molecule has 3 amide bonds. The fourth-order valence-electron chi connectivity index (χ4n) is 3.32. The minimum atomic E-state index is -5.08. The summed E-state index contributed by atoms with van der Waals surface area (Å²) in [4.78, 5) is 52.0. The van der Waals surface area contributed by atoms with E-state index in [4.69, 9.17) is 30.5 Å². The fourth-order valence-corrected chi connectivity index (χ4v) is 3.32. The molecule has 0 aliphatic rings. The van der Waals surface area contributed by atoms with Crippen LogP contribution in [0, 0.1) is 5.41 Å². The van der Waals surface area contributed by atoms with Crippen LogP contribution in [0.2, 0.25) is 0 Å². The van der Waals surface area contributed by atoms with E-state index in [0.29, 0.717) is 34.9 Å². The number of nitrogens with zero attached hydrogens (tertiary/aromatic N) is 2. The molecular formula is C29H32F3N7O7. The largest absolute Gasteiger partial charge is 0.490 e. The SMILES string of the molecule is CCOc1cc(C(Nc2ccc(C(=N)N)cc2)C(=O)NNC(=O)c2ccccn2)ccc1OCC(=O)N(C)C.O=C(O)C(F)(F)F. The zero-order valence-electron chi connectivity index (χ0n) is 24.8. The van der Waals surface area contributed by atoms with E-state index in [2.05, 4.69) is 21.2 Å². The molecule has 14 nitrogen and oxygen atoms in total. The van der Waals surface area contributed by atoms with Crippen LogP contribution in [0.5, 0.6) is 11.5 Å². The molecule has 0 radical (unpaired) electrons. The minimum Gasteiger partial charge on any atom is -0.490 e. The number of hydrazine groups is 1. The lowest BCUT2D eigenvalue weighted by molar-refractivity contribution is -0.192. The van der Waals surface area contributed by atoms with Gasteiger partial charge in [-0.25, -0.2) is 4.79 Å². The number of aliphatic carboxylic acids is 1. The lowest BCUT2D eigenvalue weighted by Crippen LogP contribution is -2.45. The Balaban J connectivity index is 0.000000942. The molecule has 246 valence electrons. The third kappa shape index (κ3) is 11.3. The number of hydrogen-bond donors (Lipinski definition) is 6. The summed E-state index contributed by atoms with van der Waals surface area (Å²) in [5.41, 5.74) is 12.1. The van der Waals surface area contributed by atoms with Crippen molar-refractivity contribution in [2.45, 2.75) is 19.1 Å². The normalized spacial score (nSPS) is 11.1. The van der Waals surface area contributed by atoms with E-state index < -0.39 is 30.0 Å². The molecule has 1 atom stereocenters. The van der Waals surface area contributed by atoms with Crippen LogP contribution in [-0.2, 0) is 14.4 Å². The van der Waals surface area contributed by atoms with Gasteiger partial charge in [-0.2, -0.15) is 13.2 Å². The van der Waals surface area contributed by atoms with Crippen molar-refractivity contribution < 1.29 is 46.9 Å². The number of nitrogens with two attached hydrogens (primary N) is 1. The van der Waals surface area contributed by atoms with Crippen LogP contribution < -0.4 is 31.4 Å². The summed E-state index contributed by atoms with van der Waals surface area (Å²) in [6.07, 6.45) is -3.61. The molecule has 1 aromatic heterocycles. The Hall–Kier alpha value is -5.87. The van der Waals surface area contributed by atoms with Crippen molar-refractivity contribution in [3.05, 3.63) is 83.7 Å². The van der Waals surface area contributed by atoms with Crippen molar-refractivity contribution in [1.82, 2.24) is 20.7 Å². The van der Waals surface area contributed by atoms with Crippen LogP contribution in [0.4, 0.5) is 18.9 Å². The van der Waals surface area contributed by atoms with Crippen LogP contribution in [-0.4, -0.2) is 78.0 Å². The molecule has 1 unspecified atom stereocenters. The van der Waals surface area contributed by atoms with Crippen molar-refractivity contribution >= 4 is 35.2 Å². The molecule has 1 heterocycles. The number of ether oxygens (including phenoxy) is 2. The zero-order chi connectivity index (χ0) is 34.4. The summed E-state index contributed by atoms with van der Waals surface area (Å²) in [5.74, 6) is -3.55. The number of amides is 3. The Kier molecular flexibility index (Phi) is 13.3. The number of carbonyl (C=O) groups is 4. The van der Waals surface area contributed by atoms with E-state index in [1.54, 1.807) is 75.6 Å². The van der Waals surface area contributed by atoms with Crippen molar-refractivity contribution in [3.63, 3.8) is 0 Å². The van der Waals surface area contributed by atoms with E-state index in [9.17, 15) is 27.6 Å². The molecule has 7 N–H and O–H groups in total. The van der Waals surface area contributed by atoms with Crippen LogP contribution >= 0.6 is 0 Å². The molecule has 0 saturated heterocycles. The molecule has 0 spiro atoms. The predicted molar refractivity (Wildman–Crippen MR) is 159 cm³/mol. The van der Waals surface area contributed by atoms with E-state index in [0.717, 1.165) is 0 Å². The van der Waals surface area contributed by atoms with Crippen molar-refractivity contribution in [2.75, 3.05) is 32.6 Å². The number of carbonyl (C=O) groups excluding carboxylic acids is 3.